The Morgan fingerprint density at radius 1 is 0.143 bits per heavy atom. The van der Waals surface area contributed by atoms with Gasteiger partial charge in [-0.2, -0.15) is 0 Å². The van der Waals surface area contributed by atoms with Gasteiger partial charge in [-0.05, 0) is 0 Å². The highest BCUT2D eigenvalue weighted by Gasteiger charge is 2.35. The summed E-state index contributed by atoms with van der Waals surface area (Å²) in [5, 5.41) is 0. The molecule has 0 unspecified atom stereocenters. The maximum absolute atomic E-state index is 13.3. The van der Waals surface area contributed by atoms with Crippen LogP contribution in [0.1, 0.15) is 111 Å². The molecule has 0 spiro atoms. The first-order valence-electron chi connectivity index (χ1n) is 29.6. The van der Waals surface area contributed by atoms with Crippen molar-refractivity contribution >= 4 is 95.5 Å². The van der Waals surface area contributed by atoms with Gasteiger partial charge in [-0.1, -0.05) is 0 Å². The fourth-order valence-electron chi connectivity index (χ4n) is 8.48. The van der Waals surface area contributed by atoms with Crippen molar-refractivity contribution in [3.63, 3.8) is 0 Å². The molecule has 0 aliphatic carbocycles. The Bertz CT molecular complexity index is 4570. The molecule has 0 amide bonds. The second-order valence-electron chi connectivity index (χ2n) is 20.7. The minimum atomic E-state index is -1.26. The molecule has 6 aromatic rings. The van der Waals surface area contributed by atoms with Crippen molar-refractivity contribution in [2.24, 2.45) is 0 Å². The fraction of sp³-hybridized carbons (Fsp3) is 0.235. The van der Waals surface area contributed by atoms with Gasteiger partial charge < -0.3 is 99.5 Å². The average Bonchev–Trinajstić information content (AvgIpc) is 0.765. The number of ether oxygens (including phenoxy) is 21. The van der Waals surface area contributed by atoms with Crippen LogP contribution in [-0.2, 0) is 76.7 Å². The topological polar surface area (TPSA) is 467 Å². The molecule has 105 heavy (non-hydrogen) atoms. The van der Waals surface area contributed by atoms with Crippen molar-refractivity contribution in [3.8, 4) is 149 Å². The molecule has 0 aromatic heterocycles. The van der Waals surface area contributed by atoms with Crippen molar-refractivity contribution in [2.45, 2.75) is 111 Å². The Kier molecular flexibility index (Phi) is 26.4. The normalized spacial score (nSPS) is 10.3. The van der Waals surface area contributed by atoms with E-state index >= 15 is 0 Å². The lowest BCUT2D eigenvalue weighted by atomic mass is 10.2. The predicted molar refractivity (Wildman–Crippen MR) is 340 cm³/mol. The third-order valence-electron chi connectivity index (χ3n) is 11.3. The summed E-state index contributed by atoms with van der Waals surface area (Å²) in [6, 6.07) is 8.42. The molecule has 0 aliphatic rings. The van der Waals surface area contributed by atoms with Crippen LogP contribution in [0, 0.1) is 0 Å². The van der Waals surface area contributed by atoms with Crippen LogP contribution in [0.4, 0.5) is 0 Å². The second kappa shape index (κ2) is 34.8. The molecule has 0 aliphatic heterocycles. The number of rotatable bonds is 26. The molecular formula is C68H58O37. The molecule has 6 rings (SSSR count). The Balaban J connectivity index is 1.79. The lowest BCUT2D eigenvalue weighted by molar-refractivity contribution is -0.135. The first kappa shape index (κ1) is 79.8. The second-order valence-corrected chi connectivity index (χ2v) is 20.7. The van der Waals surface area contributed by atoms with Crippen LogP contribution in [0.25, 0.3) is 0 Å². The van der Waals surface area contributed by atoms with Gasteiger partial charge in [0, 0.05) is 171 Å². The molecule has 0 N–H and O–H groups in total. The molecule has 0 saturated heterocycles. The molecule has 0 radical (unpaired) electrons. The highest BCUT2D eigenvalue weighted by Crippen LogP contribution is 2.59. The minimum absolute atomic E-state index is 0.512. The van der Waals surface area contributed by atoms with E-state index < -0.39 is 245 Å². The van der Waals surface area contributed by atoms with E-state index in [-0.39, 0.29) is 0 Å². The Morgan fingerprint density at radius 3 is 0.505 bits per heavy atom. The summed E-state index contributed by atoms with van der Waals surface area (Å²) in [7, 11) is 0. The van der Waals surface area contributed by atoms with E-state index in [1.807, 2.05) is 0 Å². The summed E-state index contributed by atoms with van der Waals surface area (Å²) in [5.74, 6) is -38.3. The van der Waals surface area contributed by atoms with Crippen molar-refractivity contribution in [3.05, 3.63) is 60.7 Å². The Labute approximate surface area is 590 Å². The van der Waals surface area contributed by atoms with Gasteiger partial charge in [-0.3, -0.25) is 76.7 Å². The summed E-state index contributed by atoms with van der Waals surface area (Å²) in [6.07, 6.45) is 0. The zero-order chi connectivity index (χ0) is 78.2. The molecule has 6 aromatic carbocycles. The fourth-order valence-corrected chi connectivity index (χ4v) is 8.48. The van der Waals surface area contributed by atoms with Gasteiger partial charge in [0.25, 0.3) is 0 Å². The molecule has 37 heteroatoms. The molecule has 0 bridgehead atoms. The third-order valence-corrected chi connectivity index (χ3v) is 11.3. The van der Waals surface area contributed by atoms with Crippen LogP contribution in [-0.4, -0.2) is 95.5 Å². The van der Waals surface area contributed by atoms with E-state index in [9.17, 15) is 76.7 Å². The minimum Gasteiger partial charge on any atom is -0.453 e. The van der Waals surface area contributed by atoms with Crippen LogP contribution in [0.5, 0.6) is 149 Å². The number of hydrogen-bond donors (Lipinski definition) is 0. The molecule has 37 nitrogen and oxygen atoms in total. The van der Waals surface area contributed by atoms with Gasteiger partial charge in [-0.15, -0.1) is 0 Å². The lowest BCUT2D eigenvalue weighted by Gasteiger charge is -2.23. The summed E-state index contributed by atoms with van der Waals surface area (Å²) in [5.41, 5.74) is 0. The van der Waals surface area contributed by atoms with E-state index in [1.54, 1.807) is 0 Å². The van der Waals surface area contributed by atoms with Gasteiger partial charge in [0.05, 0.1) is 0 Å². The van der Waals surface area contributed by atoms with Crippen LogP contribution in [0.2, 0.25) is 0 Å². The number of carbonyl (C=O) groups is 16. The molecular weight excluding hydrogens is 1410 g/mol. The van der Waals surface area contributed by atoms with E-state index in [1.165, 1.54) is 0 Å². The highest BCUT2D eigenvalue weighted by molar-refractivity contribution is 5.87. The molecule has 0 fully saturated rings. The SMILES string of the molecule is CC(=O)Oc1cc(Oc2cc(Oc3c(Oc4cc(OC(C)=O)c(OC(C)=O)c(Oc5c(Oc6cc(OC(C)=O)c(OC(C)=O)c(OC(C)=O)c6)cc(OC(C)=O)c(OC(C)=O)c5OC(C)=O)c4)cc(OC(C)=O)c(OC(C)=O)c3OC(C)=O)cc(OC(C)=O)c2OC(C)=O)cc(OC(C)=O)c1OC(C)=O. The monoisotopic (exact) mass is 1470 g/mol. The van der Waals surface area contributed by atoms with Gasteiger partial charge in [-0.25, -0.2) is 0 Å². The average molecular weight is 1470 g/mol. The maximum Gasteiger partial charge on any atom is 0.308 e. The van der Waals surface area contributed by atoms with Crippen molar-refractivity contribution in [1.29, 1.82) is 0 Å². The number of esters is 16. The largest absolute Gasteiger partial charge is 0.453 e. The van der Waals surface area contributed by atoms with E-state index in [0.29, 0.717) is 0 Å². The number of benzene rings is 6. The zero-order valence-corrected chi connectivity index (χ0v) is 57.9. The summed E-state index contributed by atoms with van der Waals surface area (Å²) < 4.78 is 118. The van der Waals surface area contributed by atoms with Crippen molar-refractivity contribution in [2.75, 3.05) is 0 Å². The molecule has 0 saturated carbocycles. The number of carbonyl (C=O) groups excluding carboxylic acids is 16. The molecule has 0 atom stereocenters. The maximum atomic E-state index is 13.3. The summed E-state index contributed by atoms with van der Waals surface area (Å²) >= 11 is 0. The quantitative estimate of drug-likeness (QED) is 0.0360. The van der Waals surface area contributed by atoms with Crippen LogP contribution in [0.15, 0.2) is 60.7 Å². The Morgan fingerprint density at radius 2 is 0.286 bits per heavy atom. The van der Waals surface area contributed by atoms with Gasteiger partial charge in [0.1, 0.15) is 23.0 Å². The van der Waals surface area contributed by atoms with Gasteiger partial charge >= 0.3 is 95.5 Å². The van der Waals surface area contributed by atoms with E-state index in [2.05, 4.69) is 0 Å². The number of hydrogen-bond acceptors (Lipinski definition) is 37. The first-order valence-corrected chi connectivity index (χ1v) is 29.6. The molecule has 0 heterocycles. The predicted octanol–water partition coefficient (Wildman–Crippen LogP) is 9.45. The zero-order valence-electron chi connectivity index (χ0n) is 57.9. The third kappa shape index (κ3) is 22.9. The Hall–Kier alpha value is -14.2. The van der Waals surface area contributed by atoms with E-state index in [0.717, 1.165) is 171 Å². The lowest BCUT2D eigenvalue weighted by Crippen LogP contribution is -2.13. The van der Waals surface area contributed by atoms with Crippen LogP contribution in [0.3, 0.4) is 0 Å². The summed E-state index contributed by atoms with van der Waals surface area (Å²) in [6.45, 7) is 14.3. The van der Waals surface area contributed by atoms with Crippen LogP contribution >= 0.6 is 0 Å². The molecule has 552 valence electrons. The highest BCUT2D eigenvalue weighted by atomic mass is 16.7. The standard InChI is InChI=1S/C68H58O37/c1-27(69)85-47-17-43(18-48(86-28(2)70)59(47)93-35(9)77)101-53-24-46(23-52(90-32(6)74)61(53)95-37(11)79)104-65-57(25-55(91-33(7)75)63(97-39(13)81)67(65)99-41(15)83)102-45-21-51(89-31(5)73)62(96-38(12)80)54(22-45)105-66-58(26-56(92-34(8)76)64(98-40(14)82)68(66)100-42(16)84)103-44-19-49(87-29(3)71)60(94-36(10)78)50(20-44)88-30(4)72/h17-26H,1-16H3. The summed E-state index contributed by atoms with van der Waals surface area (Å²) in [4.78, 5) is 205. The van der Waals surface area contributed by atoms with E-state index in [4.69, 9.17) is 99.5 Å². The van der Waals surface area contributed by atoms with Crippen LogP contribution < -0.4 is 99.5 Å². The van der Waals surface area contributed by atoms with Gasteiger partial charge in [0.2, 0.25) is 57.5 Å². The smallest absolute Gasteiger partial charge is 0.308 e. The van der Waals surface area contributed by atoms with Gasteiger partial charge in [0.15, 0.2) is 69.0 Å². The van der Waals surface area contributed by atoms with Crippen molar-refractivity contribution < 1.29 is 176 Å². The van der Waals surface area contributed by atoms with Crippen molar-refractivity contribution in [1.82, 2.24) is 0 Å². The first-order chi connectivity index (χ1) is 49.1.